The number of benzene rings is 2. The molecule has 0 atom stereocenters. The average molecular weight is 534 g/mol. The van der Waals surface area contributed by atoms with Gasteiger partial charge in [0.25, 0.3) is 0 Å². The van der Waals surface area contributed by atoms with E-state index in [1.807, 2.05) is 45.0 Å². The molecule has 0 spiro atoms. The van der Waals surface area contributed by atoms with Crippen molar-refractivity contribution in [3.8, 4) is 0 Å². The first kappa shape index (κ1) is 27.7. The number of hydrogen-bond acceptors (Lipinski definition) is 7. The van der Waals surface area contributed by atoms with Crippen LogP contribution in [0.1, 0.15) is 67.8 Å². The fourth-order valence-electron chi connectivity index (χ4n) is 4.45. The highest BCUT2D eigenvalue weighted by Gasteiger charge is 2.23. The number of nitrogen functional groups attached to an aromatic ring is 1. The van der Waals surface area contributed by atoms with Crippen LogP contribution in [0.25, 0.3) is 21.9 Å². The van der Waals surface area contributed by atoms with Crippen molar-refractivity contribution in [2.75, 3.05) is 12.8 Å². The van der Waals surface area contributed by atoms with Gasteiger partial charge in [0.2, 0.25) is 0 Å². The van der Waals surface area contributed by atoms with E-state index < -0.39 is 17.7 Å². The predicted octanol–water partition coefficient (Wildman–Crippen LogP) is 4.61. The molecule has 0 aliphatic heterocycles. The number of carbonyl (C=O) groups is 2. The van der Waals surface area contributed by atoms with Crippen LogP contribution in [0.5, 0.6) is 0 Å². The largest absolute Gasteiger partial charge is 0.710 e. The molecule has 0 saturated heterocycles. The van der Waals surface area contributed by atoms with E-state index in [1.165, 1.54) is 13.2 Å². The molecule has 1 amide bonds. The third-order valence-electron chi connectivity index (χ3n) is 6.35. The maximum Gasteiger partial charge on any atom is 0.407 e. The Balaban J connectivity index is 1.71. The summed E-state index contributed by atoms with van der Waals surface area (Å²) in [5.74, 6) is 0.285. The van der Waals surface area contributed by atoms with Gasteiger partial charge in [-0.2, -0.15) is 0 Å². The predicted molar refractivity (Wildman–Crippen MR) is 149 cm³/mol. The first-order valence-electron chi connectivity index (χ1n) is 13.0. The van der Waals surface area contributed by atoms with Gasteiger partial charge in [-0.3, -0.25) is 5.73 Å². The van der Waals surface area contributed by atoms with E-state index in [0.29, 0.717) is 28.7 Å². The molecule has 10 heteroatoms. The number of alkyl carbamates (subject to hydrolysis) is 1. The van der Waals surface area contributed by atoms with Crippen molar-refractivity contribution < 1.29 is 23.8 Å². The molecule has 0 fully saturated rings. The number of anilines is 1. The Morgan fingerprint density at radius 1 is 1.13 bits per heavy atom. The van der Waals surface area contributed by atoms with Gasteiger partial charge in [0.05, 0.1) is 18.2 Å². The minimum Gasteiger partial charge on any atom is -0.710 e. The molecule has 0 aliphatic rings. The normalized spacial score (nSPS) is 11.6. The molecule has 4 rings (SSSR count). The van der Waals surface area contributed by atoms with Crippen molar-refractivity contribution >= 4 is 39.8 Å². The van der Waals surface area contributed by atoms with E-state index in [0.717, 1.165) is 41.7 Å². The molecule has 3 N–H and O–H groups in total. The van der Waals surface area contributed by atoms with Gasteiger partial charge in [0.1, 0.15) is 16.9 Å². The van der Waals surface area contributed by atoms with Gasteiger partial charge in [-0.15, -0.1) is 0 Å². The van der Waals surface area contributed by atoms with E-state index in [4.69, 9.17) is 20.2 Å². The van der Waals surface area contributed by atoms with E-state index in [-0.39, 0.29) is 16.9 Å². The van der Waals surface area contributed by atoms with Crippen LogP contribution >= 0.6 is 0 Å². The molecule has 0 aliphatic carbocycles. The number of nitrogens with two attached hydrogens (primary N) is 1. The van der Waals surface area contributed by atoms with E-state index in [2.05, 4.69) is 16.8 Å². The van der Waals surface area contributed by atoms with E-state index >= 15 is 0 Å². The van der Waals surface area contributed by atoms with Gasteiger partial charge in [0, 0.05) is 31.0 Å². The summed E-state index contributed by atoms with van der Waals surface area (Å²) in [5, 5.41) is 16.5. The number of esters is 1. The number of hydrogen-bond donors (Lipinski definition) is 2. The fourth-order valence-corrected chi connectivity index (χ4v) is 4.45. The maximum absolute atomic E-state index is 13.1. The number of amides is 1. The van der Waals surface area contributed by atoms with Crippen LogP contribution in [0.15, 0.2) is 42.5 Å². The van der Waals surface area contributed by atoms with Gasteiger partial charge in [0.15, 0.2) is 5.52 Å². The van der Waals surface area contributed by atoms with Crippen LogP contribution in [0.4, 0.5) is 10.6 Å². The smallest absolute Gasteiger partial charge is 0.407 e. The van der Waals surface area contributed by atoms with Crippen molar-refractivity contribution in [3.05, 3.63) is 70.2 Å². The first-order valence-corrected chi connectivity index (χ1v) is 13.0. The summed E-state index contributed by atoms with van der Waals surface area (Å²) >= 11 is 0. The number of methoxy groups -OCH3 is 1. The molecular formula is C29H35N5O5. The zero-order chi connectivity index (χ0) is 28.3. The van der Waals surface area contributed by atoms with Crippen LogP contribution in [-0.4, -0.2) is 34.3 Å². The third kappa shape index (κ3) is 6.05. The second kappa shape index (κ2) is 11.2. The Kier molecular flexibility index (Phi) is 7.94. The lowest BCUT2D eigenvalue weighted by Crippen LogP contribution is -2.32. The van der Waals surface area contributed by atoms with Crippen molar-refractivity contribution in [1.29, 1.82) is 0 Å². The van der Waals surface area contributed by atoms with Gasteiger partial charge in [-0.1, -0.05) is 37.6 Å². The number of unbranched alkanes of at least 4 members (excludes halogenated alkanes) is 1. The van der Waals surface area contributed by atoms with Crippen LogP contribution in [0, 0.1) is 5.21 Å². The molecule has 0 bridgehead atoms. The summed E-state index contributed by atoms with van der Waals surface area (Å²) in [7, 11) is 1.29. The molecule has 2 aromatic heterocycles. The summed E-state index contributed by atoms with van der Waals surface area (Å²) in [6.45, 7) is 8.43. The Bertz CT molecular complexity index is 1520. The quantitative estimate of drug-likeness (QED) is 0.192. The molecule has 2 heterocycles. The minimum atomic E-state index is -0.559. The fraction of sp³-hybridized carbons (Fsp3) is 0.379. The summed E-state index contributed by atoms with van der Waals surface area (Å²) < 4.78 is 12.8. The Labute approximate surface area is 227 Å². The Morgan fingerprint density at radius 2 is 1.82 bits per heavy atom. The Hall–Kier alpha value is -4.34. The number of imidazole rings is 1. The first-order chi connectivity index (χ1) is 18.5. The maximum atomic E-state index is 13.1. The molecular weight excluding hydrogens is 498 g/mol. The standard InChI is InChI=1S/C29H35N5O5/c1-6-7-8-23-32-24-25(21-14-13-20(27(35)38-5)15-22(21)34(37)26(24)30)33(23)17-19-11-9-18(10-12-19)16-31-28(36)39-29(2,3)4/h9-15H,6-8,16-17,30H2,1-5H3,(H,31,36). The molecule has 4 aromatic rings. The van der Waals surface area contributed by atoms with Gasteiger partial charge in [-0.05, 0) is 50.5 Å². The number of nitrogens with zero attached hydrogens (tertiary/aromatic N) is 3. The van der Waals surface area contributed by atoms with Gasteiger partial charge >= 0.3 is 17.9 Å². The monoisotopic (exact) mass is 533 g/mol. The number of aromatic nitrogens is 3. The number of pyridine rings is 1. The van der Waals surface area contributed by atoms with Gasteiger partial charge < -0.3 is 24.6 Å². The molecule has 0 unspecified atom stereocenters. The summed E-state index contributed by atoms with van der Waals surface area (Å²) in [6.07, 6.45) is 2.18. The zero-order valence-electron chi connectivity index (χ0n) is 23.0. The van der Waals surface area contributed by atoms with Crippen LogP contribution in [0.2, 0.25) is 0 Å². The topological polar surface area (TPSA) is 135 Å². The lowest BCUT2D eigenvalue weighted by atomic mass is 10.1. The van der Waals surface area contributed by atoms with Crippen molar-refractivity contribution in [1.82, 2.24) is 14.9 Å². The highest BCUT2D eigenvalue weighted by molar-refractivity contribution is 6.06. The minimum absolute atomic E-state index is 0.0143. The van der Waals surface area contributed by atoms with Crippen LogP contribution in [-0.2, 0) is 29.0 Å². The molecule has 0 radical (unpaired) electrons. The van der Waals surface area contributed by atoms with Crippen molar-refractivity contribution in [2.45, 2.75) is 65.6 Å². The van der Waals surface area contributed by atoms with Crippen molar-refractivity contribution in [3.63, 3.8) is 0 Å². The third-order valence-corrected chi connectivity index (χ3v) is 6.35. The number of fused-ring (bicyclic) bond motifs is 3. The number of carbonyl (C=O) groups excluding carboxylic acids is 2. The molecule has 0 saturated carbocycles. The Morgan fingerprint density at radius 3 is 2.46 bits per heavy atom. The van der Waals surface area contributed by atoms with Crippen LogP contribution < -0.4 is 15.8 Å². The molecule has 39 heavy (non-hydrogen) atoms. The summed E-state index contributed by atoms with van der Waals surface area (Å²) in [5.41, 5.74) is 9.39. The lowest BCUT2D eigenvalue weighted by Gasteiger charge is -2.19. The van der Waals surface area contributed by atoms with Crippen molar-refractivity contribution in [2.24, 2.45) is 0 Å². The number of ether oxygens (including phenoxy) is 2. The number of rotatable bonds is 8. The van der Waals surface area contributed by atoms with Gasteiger partial charge in [-0.25, -0.2) is 19.3 Å². The van der Waals surface area contributed by atoms with E-state index in [1.54, 1.807) is 12.1 Å². The highest BCUT2D eigenvalue weighted by Crippen LogP contribution is 2.30. The highest BCUT2D eigenvalue weighted by atomic mass is 16.6. The second-order valence-electron chi connectivity index (χ2n) is 10.5. The molecule has 10 nitrogen and oxygen atoms in total. The molecule has 2 aromatic carbocycles. The summed E-state index contributed by atoms with van der Waals surface area (Å²) in [6, 6.07) is 12.8. The zero-order valence-corrected chi connectivity index (χ0v) is 23.0. The number of nitrogens with one attached hydrogen (secondary N) is 1. The number of aryl methyl sites for hydroxylation is 1. The average Bonchev–Trinajstić information content (AvgIpc) is 3.26. The molecule has 206 valence electrons. The van der Waals surface area contributed by atoms with E-state index in [9.17, 15) is 14.8 Å². The summed E-state index contributed by atoms with van der Waals surface area (Å²) in [4.78, 5) is 28.9. The SMILES string of the molecule is CCCCc1nc2c(N)[n+]([O-])c3cc(C(=O)OC)ccc3c2n1Cc1ccc(CNC(=O)OC(C)(C)C)cc1. The lowest BCUT2D eigenvalue weighted by molar-refractivity contribution is -0.559. The van der Waals surface area contributed by atoms with Crippen LogP contribution in [0.3, 0.4) is 0 Å². The second-order valence-corrected chi connectivity index (χ2v) is 10.5.